The predicted molar refractivity (Wildman–Crippen MR) is 109 cm³/mol. The van der Waals surface area contributed by atoms with Crippen molar-refractivity contribution in [2.45, 2.75) is 0 Å². The average Bonchev–Trinajstić information content (AvgIpc) is 2.74. The van der Waals surface area contributed by atoms with Crippen molar-refractivity contribution < 1.29 is 0 Å². The van der Waals surface area contributed by atoms with Crippen molar-refractivity contribution in [1.82, 2.24) is 9.38 Å². The number of anilines is 1. The number of nitrogens with zero attached hydrogens (tertiary/aromatic N) is 3. The summed E-state index contributed by atoms with van der Waals surface area (Å²) in [6.07, 6.45) is 1.98. The molecule has 1 aliphatic rings. The van der Waals surface area contributed by atoms with E-state index in [9.17, 15) is 5.26 Å². The molecule has 28 heavy (non-hydrogen) atoms. The highest BCUT2D eigenvalue weighted by Crippen LogP contribution is 2.34. The van der Waals surface area contributed by atoms with Gasteiger partial charge in [-0.05, 0) is 23.3 Å². The van der Waals surface area contributed by atoms with Gasteiger partial charge >= 0.3 is 0 Å². The zero-order chi connectivity index (χ0) is 19.1. The average molecular weight is 361 g/mol. The lowest BCUT2D eigenvalue weighted by Gasteiger charge is -2.23. The van der Waals surface area contributed by atoms with Crippen molar-refractivity contribution >= 4 is 23.2 Å². The SMILES string of the molecule is N#Cc1c(-c2ccccc2)cc2cc(=N)nc3n2c1C=C(c1ccccc1)N3. The molecule has 4 aromatic rings. The van der Waals surface area contributed by atoms with E-state index in [2.05, 4.69) is 16.4 Å². The number of pyridine rings is 1. The van der Waals surface area contributed by atoms with Gasteiger partial charge < -0.3 is 5.32 Å². The lowest BCUT2D eigenvalue weighted by molar-refractivity contribution is 0.991. The summed E-state index contributed by atoms with van der Waals surface area (Å²) in [5.74, 6) is 0.537. The maximum absolute atomic E-state index is 10.0. The summed E-state index contributed by atoms with van der Waals surface area (Å²) < 4.78 is 1.90. The molecule has 0 amide bonds. The fraction of sp³-hybridized carbons (Fsp3) is 0. The Morgan fingerprint density at radius 2 is 1.61 bits per heavy atom. The first-order valence-corrected chi connectivity index (χ1v) is 8.90. The van der Waals surface area contributed by atoms with E-state index in [1.54, 1.807) is 6.07 Å². The molecule has 0 saturated carbocycles. The molecule has 0 aliphatic carbocycles. The van der Waals surface area contributed by atoms with Crippen LogP contribution in [0.4, 0.5) is 5.95 Å². The molecule has 0 spiro atoms. The second-order valence-electron chi connectivity index (χ2n) is 6.57. The van der Waals surface area contributed by atoms with Crippen LogP contribution in [0, 0.1) is 16.7 Å². The topological polar surface area (TPSA) is 77.0 Å². The maximum Gasteiger partial charge on any atom is 0.214 e. The molecule has 1 aliphatic heterocycles. The van der Waals surface area contributed by atoms with E-state index in [4.69, 9.17) is 5.41 Å². The van der Waals surface area contributed by atoms with Crippen LogP contribution in [0.15, 0.2) is 72.8 Å². The zero-order valence-electron chi connectivity index (χ0n) is 14.8. The van der Waals surface area contributed by atoms with Gasteiger partial charge in [0.05, 0.1) is 22.5 Å². The molecule has 132 valence electrons. The fourth-order valence-electron chi connectivity index (χ4n) is 3.60. The fourth-order valence-corrected chi connectivity index (χ4v) is 3.60. The minimum absolute atomic E-state index is 0.173. The Morgan fingerprint density at radius 1 is 0.929 bits per heavy atom. The summed E-state index contributed by atoms with van der Waals surface area (Å²) in [7, 11) is 0. The van der Waals surface area contributed by atoms with Crippen LogP contribution >= 0.6 is 0 Å². The van der Waals surface area contributed by atoms with Gasteiger partial charge in [-0.2, -0.15) is 10.2 Å². The van der Waals surface area contributed by atoms with Crippen LogP contribution in [0.3, 0.4) is 0 Å². The third-order valence-corrected chi connectivity index (χ3v) is 4.85. The Morgan fingerprint density at radius 3 is 2.29 bits per heavy atom. The molecule has 2 aromatic heterocycles. The number of nitriles is 1. The molecular weight excluding hydrogens is 346 g/mol. The second-order valence-corrected chi connectivity index (χ2v) is 6.57. The summed E-state index contributed by atoms with van der Waals surface area (Å²) in [5.41, 5.74) is 5.99. The molecule has 2 aromatic carbocycles. The first-order chi connectivity index (χ1) is 13.7. The molecule has 3 heterocycles. The van der Waals surface area contributed by atoms with Gasteiger partial charge in [0.2, 0.25) is 5.95 Å². The van der Waals surface area contributed by atoms with E-state index in [0.717, 1.165) is 33.6 Å². The van der Waals surface area contributed by atoms with Crippen molar-refractivity contribution in [2.75, 3.05) is 5.32 Å². The van der Waals surface area contributed by atoms with Crippen LogP contribution < -0.4 is 10.8 Å². The Kier molecular flexibility index (Phi) is 3.56. The van der Waals surface area contributed by atoms with Crippen molar-refractivity contribution in [1.29, 1.82) is 10.7 Å². The maximum atomic E-state index is 10.0. The van der Waals surface area contributed by atoms with Crippen molar-refractivity contribution in [3.63, 3.8) is 0 Å². The Balaban J connectivity index is 1.88. The number of hydrogen-bond acceptors (Lipinski definition) is 4. The zero-order valence-corrected chi connectivity index (χ0v) is 14.8. The number of aromatic nitrogens is 2. The Labute approximate surface area is 161 Å². The Hall–Kier alpha value is -4.17. The molecule has 5 nitrogen and oxygen atoms in total. The number of rotatable bonds is 2. The third kappa shape index (κ3) is 2.48. The summed E-state index contributed by atoms with van der Waals surface area (Å²) in [6.45, 7) is 0. The van der Waals surface area contributed by atoms with Crippen molar-refractivity contribution in [3.8, 4) is 17.2 Å². The van der Waals surface area contributed by atoms with Gasteiger partial charge in [0.15, 0.2) is 5.49 Å². The normalized spacial score (nSPS) is 12.2. The van der Waals surface area contributed by atoms with Crippen LogP contribution in [0.1, 0.15) is 16.8 Å². The highest BCUT2D eigenvalue weighted by molar-refractivity contribution is 5.93. The van der Waals surface area contributed by atoms with Crippen LogP contribution in [-0.2, 0) is 0 Å². The largest absolute Gasteiger partial charge is 0.325 e. The quantitative estimate of drug-likeness (QED) is 0.559. The van der Waals surface area contributed by atoms with E-state index in [1.165, 1.54) is 0 Å². The second kappa shape index (κ2) is 6.22. The molecule has 5 rings (SSSR count). The van der Waals surface area contributed by atoms with Crippen LogP contribution in [0.5, 0.6) is 0 Å². The van der Waals surface area contributed by atoms with E-state index in [0.29, 0.717) is 11.5 Å². The molecule has 0 bridgehead atoms. The van der Waals surface area contributed by atoms with E-state index < -0.39 is 0 Å². The minimum Gasteiger partial charge on any atom is -0.325 e. The van der Waals surface area contributed by atoms with Crippen LogP contribution in [0.2, 0.25) is 0 Å². The van der Waals surface area contributed by atoms with Crippen molar-refractivity contribution in [2.24, 2.45) is 0 Å². The van der Waals surface area contributed by atoms with Gasteiger partial charge in [-0.3, -0.25) is 9.81 Å². The molecule has 0 unspecified atom stereocenters. The lowest BCUT2D eigenvalue weighted by Crippen LogP contribution is -2.19. The number of benzene rings is 2. The molecule has 2 N–H and O–H groups in total. The van der Waals surface area contributed by atoms with E-state index >= 15 is 0 Å². The van der Waals surface area contributed by atoms with Crippen LogP contribution in [0.25, 0.3) is 28.4 Å². The minimum atomic E-state index is 0.173. The molecular formula is C23H15N5. The first kappa shape index (κ1) is 16.0. The lowest BCUT2D eigenvalue weighted by atomic mass is 9.97. The molecule has 0 atom stereocenters. The highest BCUT2D eigenvalue weighted by Gasteiger charge is 2.21. The number of nitrogens with one attached hydrogen (secondary N) is 2. The van der Waals surface area contributed by atoms with Gasteiger partial charge in [-0.15, -0.1) is 0 Å². The third-order valence-electron chi connectivity index (χ3n) is 4.85. The van der Waals surface area contributed by atoms with E-state index in [-0.39, 0.29) is 5.49 Å². The molecule has 5 heteroatoms. The van der Waals surface area contributed by atoms with Gasteiger partial charge in [-0.1, -0.05) is 60.7 Å². The van der Waals surface area contributed by atoms with Gasteiger partial charge in [0, 0.05) is 11.6 Å². The summed E-state index contributed by atoms with van der Waals surface area (Å²) in [5, 5.41) is 21.4. The van der Waals surface area contributed by atoms with Gasteiger partial charge in [0.25, 0.3) is 0 Å². The van der Waals surface area contributed by atoms with Crippen LogP contribution in [-0.4, -0.2) is 9.38 Å². The molecule has 0 saturated heterocycles. The Bertz CT molecular complexity index is 1340. The first-order valence-electron chi connectivity index (χ1n) is 8.90. The molecule has 0 fully saturated rings. The standard InChI is InChI=1S/C23H15N5/c24-14-19-18(15-7-3-1-4-8-15)11-17-12-22(25)27-23-26-20(13-21(19)28(17)23)16-9-5-2-6-10-16/h1-13H,(H2,25,26,27). The van der Waals surface area contributed by atoms with Gasteiger partial charge in [0.1, 0.15) is 6.07 Å². The number of hydrogen-bond donors (Lipinski definition) is 2. The monoisotopic (exact) mass is 361 g/mol. The molecule has 0 radical (unpaired) electrons. The van der Waals surface area contributed by atoms with E-state index in [1.807, 2.05) is 77.2 Å². The summed E-state index contributed by atoms with van der Waals surface area (Å²) in [4.78, 5) is 4.35. The van der Waals surface area contributed by atoms with Crippen molar-refractivity contribution in [3.05, 3.63) is 95.1 Å². The highest BCUT2D eigenvalue weighted by atomic mass is 15.2. The van der Waals surface area contributed by atoms with Gasteiger partial charge in [-0.25, -0.2) is 0 Å². The predicted octanol–water partition coefficient (Wildman–Crippen LogP) is 4.28. The summed E-state index contributed by atoms with van der Waals surface area (Å²) >= 11 is 0. The smallest absolute Gasteiger partial charge is 0.214 e. The summed E-state index contributed by atoms with van der Waals surface area (Å²) in [6, 6.07) is 25.8.